The molecule has 1 aliphatic heterocycles. The molecule has 0 aliphatic carbocycles. The molecule has 0 spiro atoms. The maximum atomic E-state index is 5.90. The molecule has 0 unspecified atom stereocenters. The molecule has 2 rings (SSSR count). The summed E-state index contributed by atoms with van der Waals surface area (Å²) in [5.41, 5.74) is 0. The van der Waals surface area contributed by atoms with E-state index in [-0.39, 0.29) is 18.2 Å². The molecule has 2 N–H and O–H groups in total. The van der Waals surface area contributed by atoms with Crippen LogP contribution >= 0.6 is 11.6 Å². The number of amidine groups is 1. The van der Waals surface area contributed by atoms with Crippen LogP contribution in [0.1, 0.15) is 13.3 Å². The first-order valence-electron chi connectivity index (χ1n) is 5.91. The topological polar surface area (TPSA) is 81.6 Å². The Morgan fingerprint density at radius 3 is 3.21 bits per heavy atom. The fraction of sp³-hybridized carbons (Fsp3) is 0.417. The molecule has 1 aromatic carbocycles. The van der Waals surface area contributed by atoms with Crippen molar-refractivity contribution in [2.75, 3.05) is 6.61 Å². The number of ether oxygens (including phenoxy) is 2. The number of aliphatic imine (C=N–C) groups is 1. The molecule has 102 valence electrons. The first kappa shape index (κ1) is 13.6. The number of nitrogens with two attached hydrogens (primary N) is 1. The van der Waals surface area contributed by atoms with Crippen LogP contribution in [-0.4, -0.2) is 24.8 Å². The molecule has 0 fully saturated rings. The standard InChI is InChI=1S/C12H15ClN4O2/c1-8(19-11-4-2-3-9(13)6-11)5-10-7-18-12(15-10)16-17-14/h2-4,6,8,10H,5,7H2,1H3,(H2,14,15,16)/t8-,10-/m0/s1. The maximum Gasteiger partial charge on any atom is 0.332 e. The minimum atomic E-state index is -0.00928. The van der Waals surface area contributed by atoms with Gasteiger partial charge in [0.25, 0.3) is 0 Å². The highest BCUT2D eigenvalue weighted by Crippen LogP contribution is 2.20. The van der Waals surface area contributed by atoms with Crippen LogP contribution in [0.25, 0.3) is 0 Å². The van der Waals surface area contributed by atoms with Gasteiger partial charge in [0, 0.05) is 11.4 Å². The Hall–Kier alpha value is -1.82. The van der Waals surface area contributed by atoms with Gasteiger partial charge < -0.3 is 15.3 Å². The Morgan fingerprint density at radius 2 is 2.47 bits per heavy atom. The minimum absolute atomic E-state index is 0.00897. The Morgan fingerprint density at radius 1 is 1.63 bits per heavy atom. The number of benzene rings is 1. The smallest absolute Gasteiger partial charge is 0.332 e. The van der Waals surface area contributed by atoms with Crippen molar-refractivity contribution in [3.8, 4) is 5.75 Å². The summed E-state index contributed by atoms with van der Waals surface area (Å²) in [7, 11) is 0. The molecular formula is C12H15ClN4O2. The molecule has 0 amide bonds. The third-order valence-electron chi connectivity index (χ3n) is 2.58. The molecule has 7 heteroatoms. The van der Waals surface area contributed by atoms with E-state index in [2.05, 4.69) is 15.3 Å². The molecule has 0 saturated carbocycles. The zero-order valence-corrected chi connectivity index (χ0v) is 11.2. The molecule has 0 aromatic heterocycles. The van der Waals surface area contributed by atoms with Gasteiger partial charge in [-0.15, -0.1) is 0 Å². The summed E-state index contributed by atoms with van der Waals surface area (Å²) >= 11 is 5.90. The summed E-state index contributed by atoms with van der Waals surface area (Å²) in [6, 6.07) is 7.53. The second kappa shape index (κ2) is 6.38. The van der Waals surface area contributed by atoms with Crippen LogP contribution in [-0.2, 0) is 4.74 Å². The largest absolute Gasteiger partial charge is 0.491 e. The van der Waals surface area contributed by atoms with Crippen LogP contribution in [0.4, 0.5) is 0 Å². The summed E-state index contributed by atoms with van der Waals surface area (Å²) in [5.74, 6) is 5.67. The highest BCUT2D eigenvalue weighted by Gasteiger charge is 2.21. The van der Waals surface area contributed by atoms with Crippen molar-refractivity contribution in [3.63, 3.8) is 0 Å². The van der Waals surface area contributed by atoms with Crippen molar-refractivity contribution in [2.24, 2.45) is 21.2 Å². The van der Waals surface area contributed by atoms with E-state index < -0.39 is 0 Å². The van der Waals surface area contributed by atoms with Gasteiger partial charge in [-0.1, -0.05) is 28.0 Å². The van der Waals surface area contributed by atoms with E-state index >= 15 is 0 Å². The molecule has 0 saturated heterocycles. The van der Waals surface area contributed by atoms with Crippen molar-refractivity contribution in [1.82, 2.24) is 0 Å². The molecule has 2 atom stereocenters. The van der Waals surface area contributed by atoms with Gasteiger partial charge in [-0.2, -0.15) is 0 Å². The lowest BCUT2D eigenvalue weighted by molar-refractivity contribution is 0.189. The lowest BCUT2D eigenvalue weighted by Gasteiger charge is -2.16. The van der Waals surface area contributed by atoms with Crippen LogP contribution in [0.3, 0.4) is 0 Å². The number of halogens is 1. The van der Waals surface area contributed by atoms with Gasteiger partial charge in [-0.05, 0) is 25.1 Å². The fourth-order valence-corrected chi connectivity index (χ4v) is 2.01. The van der Waals surface area contributed by atoms with E-state index in [1.54, 1.807) is 12.1 Å². The number of nitrogens with zero attached hydrogens (tertiary/aromatic N) is 3. The zero-order chi connectivity index (χ0) is 13.7. The van der Waals surface area contributed by atoms with Crippen molar-refractivity contribution in [3.05, 3.63) is 29.3 Å². The average molecular weight is 283 g/mol. The van der Waals surface area contributed by atoms with Crippen LogP contribution in [0.15, 0.2) is 39.6 Å². The van der Waals surface area contributed by atoms with Gasteiger partial charge in [-0.3, -0.25) is 0 Å². The SMILES string of the molecule is C[C@@H](C[C@H]1COC(N=NN)=N1)Oc1cccc(Cl)c1. The van der Waals surface area contributed by atoms with E-state index in [9.17, 15) is 0 Å². The zero-order valence-electron chi connectivity index (χ0n) is 10.5. The van der Waals surface area contributed by atoms with Gasteiger partial charge in [0.05, 0.1) is 12.1 Å². The average Bonchev–Trinajstić information content (AvgIpc) is 2.77. The Labute approximate surface area is 116 Å². The van der Waals surface area contributed by atoms with Gasteiger partial charge in [-0.25, -0.2) is 4.99 Å². The molecule has 1 aromatic rings. The van der Waals surface area contributed by atoms with Crippen molar-refractivity contribution >= 4 is 17.6 Å². The predicted octanol–water partition coefficient (Wildman–Crippen LogP) is 2.58. The Balaban J connectivity index is 1.87. The third kappa shape index (κ3) is 4.10. The van der Waals surface area contributed by atoms with E-state index in [1.807, 2.05) is 19.1 Å². The lowest BCUT2D eigenvalue weighted by Crippen LogP contribution is -2.20. The first-order valence-corrected chi connectivity index (χ1v) is 6.29. The van der Waals surface area contributed by atoms with Crippen molar-refractivity contribution in [1.29, 1.82) is 0 Å². The monoisotopic (exact) mass is 282 g/mol. The minimum Gasteiger partial charge on any atom is -0.491 e. The number of hydrogen-bond acceptors (Lipinski definition) is 5. The quantitative estimate of drug-likeness (QED) is 0.523. The highest BCUT2D eigenvalue weighted by atomic mass is 35.5. The van der Waals surface area contributed by atoms with Gasteiger partial charge in [0.15, 0.2) is 0 Å². The predicted molar refractivity (Wildman–Crippen MR) is 72.4 cm³/mol. The van der Waals surface area contributed by atoms with Crippen LogP contribution in [0.2, 0.25) is 5.02 Å². The van der Waals surface area contributed by atoms with Gasteiger partial charge in [0.2, 0.25) is 0 Å². The summed E-state index contributed by atoms with van der Waals surface area (Å²) < 4.78 is 11.0. The summed E-state index contributed by atoms with van der Waals surface area (Å²) in [4.78, 5) is 4.22. The molecule has 1 aliphatic rings. The van der Waals surface area contributed by atoms with E-state index in [0.29, 0.717) is 11.6 Å². The summed E-state index contributed by atoms with van der Waals surface area (Å²) in [5, 5.41) is 7.33. The van der Waals surface area contributed by atoms with E-state index in [4.69, 9.17) is 26.9 Å². The maximum absolute atomic E-state index is 5.90. The summed E-state index contributed by atoms with van der Waals surface area (Å²) in [6.07, 6.45) is 0.709. The molecule has 0 radical (unpaired) electrons. The molecular weight excluding hydrogens is 268 g/mol. The van der Waals surface area contributed by atoms with Gasteiger partial charge >= 0.3 is 6.02 Å². The van der Waals surface area contributed by atoms with E-state index in [1.165, 1.54) is 0 Å². The number of rotatable bonds is 4. The third-order valence-corrected chi connectivity index (χ3v) is 2.81. The molecule has 6 nitrogen and oxygen atoms in total. The van der Waals surface area contributed by atoms with Crippen molar-refractivity contribution in [2.45, 2.75) is 25.5 Å². The van der Waals surface area contributed by atoms with Crippen LogP contribution in [0.5, 0.6) is 5.75 Å². The van der Waals surface area contributed by atoms with Crippen molar-refractivity contribution < 1.29 is 9.47 Å². The van der Waals surface area contributed by atoms with Crippen LogP contribution in [0, 0.1) is 0 Å². The second-order valence-corrected chi connectivity index (χ2v) is 4.65. The lowest BCUT2D eigenvalue weighted by atomic mass is 10.1. The normalized spacial score (nSPS) is 20.1. The van der Waals surface area contributed by atoms with Crippen LogP contribution < -0.4 is 10.6 Å². The highest BCUT2D eigenvalue weighted by molar-refractivity contribution is 6.30. The molecule has 0 bridgehead atoms. The number of hydrogen-bond donors (Lipinski definition) is 1. The fourth-order valence-electron chi connectivity index (χ4n) is 1.83. The molecule has 19 heavy (non-hydrogen) atoms. The molecule has 1 heterocycles. The second-order valence-electron chi connectivity index (χ2n) is 4.21. The van der Waals surface area contributed by atoms with E-state index in [0.717, 1.165) is 12.2 Å². The Kier molecular flexibility index (Phi) is 4.57. The first-order chi connectivity index (χ1) is 9.17. The Bertz CT molecular complexity index is 492. The van der Waals surface area contributed by atoms with Gasteiger partial charge in [0.1, 0.15) is 12.4 Å². The summed E-state index contributed by atoms with van der Waals surface area (Å²) in [6.45, 7) is 2.44.